The molecule has 0 spiro atoms. The average molecular weight is 1130 g/mol. The zero-order valence-electron chi connectivity index (χ0n) is 45.2. The lowest BCUT2D eigenvalue weighted by Gasteiger charge is -2.35. The smallest absolute Gasteiger partial charge is 0.246 e. The van der Waals surface area contributed by atoms with E-state index >= 15 is 4.39 Å². The van der Waals surface area contributed by atoms with Crippen LogP contribution in [-0.2, 0) is 30.5 Å². The molecule has 2 aliphatic rings. The number of carbonyl (C=O) groups excluding carboxylic acids is 4. The number of nitrogens with one attached hydrogen (secondary N) is 2. The van der Waals surface area contributed by atoms with Crippen LogP contribution in [0.3, 0.4) is 0 Å². The summed E-state index contributed by atoms with van der Waals surface area (Å²) in [4.78, 5) is 75.1. The second kappa shape index (κ2) is 25.2. The molecule has 9 rings (SSSR count). The van der Waals surface area contributed by atoms with Crippen molar-refractivity contribution in [2.75, 3.05) is 82.9 Å². The molecule has 4 amide bonds. The first-order chi connectivity index (χ1) is 38.5. The van der Waals surface area contributed by atoms with Crippen molar-refractivity contribution >= 4 is 80.0 Å². The van der Waals surface area contributed by atoms with Gasteiger partial charge in [-0.05, 0) is 72.0 Å². The van der Waals surface area contributed by atoms with Crippen molar-refractivity contribution in [1.82, 2.24) is 40.1 Å². The molecule has 4 N–H and O–H groups in total. The molecular formula is C58H64ClFN10O9S. The summed E-state index contributed by atoms with van der Waals surface area (Å²) < 4.78 is 34.8. The minimum Gasteiger partial charge on any atom is -0.508 e. The van der Waals surface area contributed by atoms with Crippen molar-refractivity contribution in [2.45, 2.75) is 65.1 Å². The van der Waals surface area contributed by atoms with E-state index in [4.69, 9.17) is 30.6 Å². The number of anilines is 2. The van der Waals surface area contributed by atoms with Gasteiger partial charge in [-0.25, -0.2) is 14.4 Å². The molecule has 0 unspecified atom stereocenters. The molecule has 0 radical (unpaired) electrons. The third-order valence-electron chi connectivity index (χ3n) is 14.4. The Kier molecular flexibility index (Phi) is 17.9. The predicted molar refractivity (Wildman–Crippen MR) is 304 cm³/mol. The van der Waals surface area contributed by atoms with Gasteiger partial charge in [-0.2, -0.15) is 4.98 Å². The zero-order valence-corrected chi connectivity index (χ0v) is 46.8. The lowest BCUT2D eigenvalue weighted by atomic mass is 9.91. The van der Waals surface area contributed by atoms with Gasteiger partial charge in [-0.15, -0.1) is 11.3 Å². The second-order valence-electron chi connectivity index (χ2n) is 20.3. The molecule has 3 aromatic heterocycles. The maximum Gasteiger partial charge on any atom is 0.246 e. The third kappa shape index (κ3) is 12.7. The monoisotopic (exact) mass is 1130 g/mol. The van der Waals surface area contributed by atoms with Gasteiger partial charge >= 0.3 is 0 Å². The molecule has 80 heavy (non-hydrogen) atoms. The first kappa shape index (κ1) is 57.0. The average Bonchev–Trinajstić information content (AvgIpc) is 4.32. The van der Waals surface area contributed by atoms with Crippen LogP contribution in [0.25, 0.3) is 43.2 Å². The van der Waals surface area contributed by atoms with Crippen LogP contribution in [-0.4, -0.2) is 153 Å². The van der Waals surface area contributed by atoms with Gasteiger partial charge in [0.15, 0.2) is 5.82 Å². The van der Waals surface area contributed by atoms with Crippen molar-refractivity contribution in [2.24, 2.45) is 5.92 Å². The van der Waals surface area contributed by atoms with Crippen molar-refractivity contribution in [3.8, 4) is 33.1 Å². The summed E-state index contributed by atoms with van der Waals surface area (Å²) in [5.41, 5.74) is 5.29. The number of aryl methyl sites for hydroxylation is 2. The van der Waals surface area contributed by atoms with Crippen molar-refractivity contribution in [3.63, 3.8) is 0 Å². The highest BCUT2D eigenvalue weighted by Crippen LogP contribution is 2.43. The number of aliphatic hydroxyl groups is 1. The van der Waals surface area contributed by atoms with E-state index in [1.807, 2.05) is 68.1 Å². The van der Waals surface area contributed by atoms with E-state index in [9.17, 15) is 29.4 Å². The summed E-state index contributed by atoms with van der Waals surface area (Å²) in [6.45, 7) is 13.7. The molecule has 7 aromatic rings. The van der Waals surface area contributed by atoms with E-state index in [-0.39, 0.29) is 110 Å². The Morgan fingerprint density at radius 3 is 2.52 bits per heavy atom. The zero-order chi connectivity index (χ0) is 56.8. The van der Waals surface area contributed by atoms with Gasteiger partial charge < -0.3 is 54.4 Å². The fourth-order valence-electron chi connectivity index (χ4n) is 10.2. The maximum atomic E-state index is 17.1. The fraction of sp³-hybridized carbons (Fsp3) is 0.379. The van der Waals surface area contributed by atoms with E-state index in [1.54, 1.807) is 47.5 Å². The van der Waals surface area contributed by atoms with Gasteiger partial charge in [0.25, 0.3) is 0 Å². The number of phenolic OH excluding ortho intramolecular Hbond substituents is 1. The molecule has 0 saturated carbocycles. The standard InChI is InChI=1S/C58H64ClFN10O9S/c1-7-48(73)68-16-18-69(19-17-68)55-43-29-44(59)51(42-27-39(71)25-36-10-8-9-11-41(36)42)52(60)53(43)64-58(65-55)61-15-14-49(74)67(6)20-21-77-22-23-78-46-26-37(54-35(5)63-32-80-54)12-13-38(46)30-62-56(75)45-28-40(72)31-70(45)57(76)50(33(2)3)47-24-34(4)66-79-47/h7-13,24-27,29,32-33,40,45,50,71-72H,1,14-23,28,30-31H2,2-6H3,(H,62,75)(H,61,64,65)/t40-,45+,50-/m1/s1. The number of likely N-dealkylation sites (N-methyl/N-ethyl adjacent to an activating group) is 1. The van der Waals surface area contributed by atoms with Crippen LogP contribution in [0, 0.1) is 25.6 Å². The number of aromatic hydroxyl groups is 1. The maximum absolute atomic E-state index is 17.1. The Morgan fingerprint density at radius 1 is 1.01 bits per heavy atom. The molecule has 3 atom stereocenters. The van der Waals surface area contributed by atoms with E-state index in [0.717, 1.165) is 16.1 Å². The number of β-amino-alcohol motifs (C(OH)–C–C–N with tert-alkyl or cyclic N) is 1. The molecule has 4 aromatic carbocycles. The molecule has 19 nitrogen and oxygen atoms in total. The Labute approximate surface area is 471 Å². The van der Waals surface area contributed by atoms with Gasteiger partial charge in [0.2, 0.25) is 29.6 Å². The number of hydrogen-bond acceptors (Lipinski definition) is 16. The van der Waals surface area contributed by atoms with Crippen LogP contribution < -0.4 is 20.3 Å². The number of thiazole rings is 1. The number of likely N-dealkylation sites (tertiary alicyclic amines) is 1. The highest BCUT2D eigenvalue weighted by molar-refractivity contribution is 7.13. The molecule has 2 aliphatic heterocycles. The number of halogens is 2. The minimum absolute atomic E-state index is 0.0124. The number of aromatic nitrogens is 4. The summed E-state index contributed by atoms with van der Waals surface area (Å²) in [6, 6.07) is 18.5. The SMILES string of the molecule is C=CC(=O)N1CCN(c2nc(NCCC(=O)N(C)CCOCCOc3cc(-c4scnc4C)ccc3CNC(=O)[C@@H]3C[C@@H](O)CN3C(=O)[C@@H](c3cc(C)no3)C(C)C)nc3c(F)c(-c4cc(O)cc5ccccc45)c(Cl)cc23)CC1. The van der Waals surface area contributed by atoms with Crippen molar-refractivity contribution < 1.29 is 47.8 Å². The van der Waals surface area contributed by atoms with Crippen molar-refractivity contribution in [3.05, 3.63) is 118 Å². The topological polar surface area (TPSA) is 229 Å². The summed E-state index contributed by atoms with van der Waals surface area (Å²) >= 11 is 8.41. The molecule has 420 valence electrons. The second-order valence-corrected chi connectivity index (χ2v) is 21.6. The van der Waals surface area contributed by atoms with Gasteiger partial charge in [-0.1, -0.05) is 73.6 Å². The van der Waals surface area contributed by atoms with Crippen LogP contribution in [0.5, 0.6) is 11.5 Å². The number of ether oxygens (including phenoxy) is 2. The number of phenols is 1. The molecular weight excluding hydrogens is 1070 g/mol. The van der Waals surface area contributed by atoms with Crippen LogP contribution in [0.15, 0.2) is 89.4 Å². The lowest BCUT2D eigenvalue weighted by molar-refractivity contribution is -0.141. The van der Waals surface area contributed by atoms with E-state index < -0.39 is 29.8 Å². The number of nitrogens with zero attached hydrogens (tertiary/aromatic N) is 8. The summed E-state index contributed by atoms with van der Waals surface area (Å²) in [5, 5.41) is 33.3. The Bertz CT molecular complexity index is 3440. The van der Waals surface area contributed by atoms with Crippen LogP contribution in [0.2, 0.25) is 5.02 Å². The third-order valence-corrected chi connectivity index (χ3v) is 15.7. The number of amides is 4. The molecule has 2 saturated heterocycles. The quantitative estimate of drug-likeness (QED) is 0.0396. The minimum atomic E-state index is -0.899. The molecule has 2 fully saturated rings. The van der Waals surface area contributed by atoms with Gasteiger partial charge in [0.1, 0.15) is 47.2 Å². The van der Waals surface area contributed by atoms with Crippen LogP contribution >= 0.6 is 22.9 Å². The summed E-state index contributed by atoms with van der Waals surface area (Å²) in [7, 11) is 1.67. The van der Waals surface area contributed by atoms with E-state index in [1.165, 1.54) is 28.4 Å². The number of hydrogen-bond donors (Lipinski definition) is 4. The largest absolute Gasteiger partial charge is 0.508 e. The molecule has 0 aliphatic carbocycles. The fourth-order valence-corrected chi connectivity index (χ4v) is 11.3. The molecule has 0 bridgehead atoms. The molecule has 22 heteroatoms. The number of piperazine rings is 1. The predicted octanol–water partition coefficient (Wildman–Crippen LogP) is 7.88. The van der Waals surface area contributed by atoms with Gasteiger partial charge in [-0.3, -0.25) is 19.2 Å². The Hall–Kier alpha value is -7.72. The number of benzene rings is 4. The Balaban J connectivity index is 0.811. The van der Waals surface area contributed by atoms with Crippen LogP contribution in [0.1, 0.15) is 55.3 Å². The van der Waals surface area contributed by atoms with Crippen molar-refractivity contribution in [1.29, 1.82) is 0 Å². The van der Waals surface area contributed by atoms with E-state index in [2.05, 4.69) is 32.3 Å². The normalized spacial score (nSPS) is 15.9. The van der Waals surface area contributed by atoms with Crippen LogP contribution in [0.4, 0.5) is 16.2 Å². The highest BCUT2D eigenvalue weighted by atomic mass is 35.5. The van der Waals surface area contributed by atoms with Gasteiger partial charge in [0.05, 0.1) is 46.1 Å². The number of fused-ring (bicyclic) bond motifs is 2. The number of rotatable bonds is 21. The molecule has 5 heterocycles. The van der Waals surface area contributed by atoms with Gasteiger partial charge in [0, 0.05) is 94.8 Å². The summed E-state index contributed by atoms with van der Waals surface area (Å²) in [5.74, 6) is -1.28. The number of carbonyl (C=O) groups is 4. The highest BCUT2D eigenvalue weighted by Gasteiger charge is 2.43. The summed E-state index contributed by atoms with van der Waals surface area (Å²) in [6.07, 6.45) is 0.536. The lowest BCUT2D eigenvalue weighted by Crippen LogP contribution is -2.48. The Morgan fingerprint density at radius 2 is 1.80 bits per heavy atom. The first-order valence-corrected chi connectivity index (χ1v) is 27.7. The first-order valence-electron chi connectivity index (χ1n) is 26.5. The number of aliphatic hydroxyl groups excluding tert-OH is 1. The van der Waals surface area contributed by atoms with E-state index in [0.29, 0.717) is 76.5 Å².